The molecule has 0 radical (unpaired) electrons. The van der Waals surface area contributed by atoms with Crippen LogP contribution in [-0.2, 0) is 24.1 Å². The van der Waals surface area contributed by atoms with Crippen LogP contribution in [0.2, 0.25) is 5.02 Å². The molecule has 0 atom stereocenters. The largest absolute Gasteiger partial charge is 0.490 e. The summed E-state index contributed by atoms with van der Waals surface area (Å²) in [6.07, 6.45) is 5.06. The Labute approximate surface area is 210 Å². The summed E-state index contributed by atoms with van der Waals surface area (Å²) >= 11 is 7.89. The van der Waals surface area contributed by atoms with Gasteiger partial charge in [-0.1, -0.05) is 17.7 Å². The van der Waals surface area contributed by atoms with E-state index in [1.807, 2.05) is 50.2 Å². The molecule has 7 heteroatoms. The van der Waals surface area contributed by atoms with E-state index < -0.39 is 0 Å². The number of aromatic nitrogens is 1. The van der Waals surface area contributed by atoms with Gasteiger partial charge in [-0.25, -0.2) is 0 Å². The molecule has 0 saturated carbocycles. The van der Waals surface area contributed by atoms with Crippen LogP contribution in [-0.4, -0.2) is 36.4 Å². The Bertz CT molecular complexity index is 1170. The number of amides is 1. The molecule has 2 aromatic carbocycles. The van der Waals surface area contributed by atoms with Crippen LogP contribution in [0.15, 0.2) is 41.3 Å². The van der Waals surface area contributed by atoms with Crippen molar-refractivity contribution >= 4 is 40.2 Å². The molecule has 0 spiro atoms. The fraction of sp³-hybridized carbons (Fsp3) is 0.407. The number of hydrogen-bond acceptors (Lipinski definition) is 5. The summed E-state index contributed by atoms with van der Waals surface area (Å²) < 4.78 is 11.3. The monoisotopic (exact) mass is 498 g/mol. The lowest BCUT2D eigenvalue weighted by Crippen LogP contribution is -2.27. The van der Waals surface area contributed by atoms with Crippen molar-refractivity contribution in [3.8, 4) is 11.5 Å². The maximum Gasteiger partial charge on any atom is 0.230 e. The first-order chi connectivity index (χ1) is 16.6. The van der Waals surface area contributed by atoms with Gasteiger partial charge in [0.05, 0.1) is 24.5 Å². The maximum atomic E-state index is 12.7. The van der Waals surface area contributed by atoms with Crippen LogP contribution in [0.3, 0.4) is 0 Å². The summed E-state index contributed by atoms with van der Waals surface area (Å²) in [6.45, 7) is 5.65. The number of carbonyl (C=O) groups is 1. The number of benzene rings is 2. The van der Waals surface area contributed by atoms with Gasteiger partial charge in [-0.05, 0) is 87.4 Å². The molecule has 0 saturated heterocycles. The molecule has 5 nitrogen and oxygen atoms in total. The van der Waals surface area contributed by atoms with Crippen LogP contribution < -0.4 is 14.8 Å². The van der Waals surface area contributed by atoms with Crippen LogP contribution in [0.1, 0.15) is 43.5 Å². The lowest BCUT2D eigenvalue weighted by Gasteiger charge is -2.20. The van der Waals surface area contributed by atoms with E-state index in [9.17, 15) is 4.79 Å². The molecule has 1 aliphatic carbocycles. The molecule has 1 amide bonds. The Morgan fingerprint density at radius 3 is 2.68 bits per heavy atom. The molecule has 1 aromatic heterocycles. The number of hydrogen-bond donors (Lipinski definition) is 1. The molecule has 0 bridgehead atoms. The second-order valence-electron chi connectivity index (χ2n) is 8.27. The summed E-state index contributed by atoms with van der Waals surface area (Å²) in [5.74, 6) is 1.89. The molecular weight excluding hydrogens is 468 g/mol. The van der Waals surface area contributed by atoms with Gasteiger partial charge >= 0.3 is 0 Å². The summed E-state index contributed by atoms with van der Waals surface area (Å²) in [4.78, 5) is 18.7. The molecular formula is C27H31ClN2O3S. The minimum Gasteiger partial charge on any atom is -0.490 e. The Morgan fingerprint density at radius 1 is 1.06 bits per heavy atom. The summed E-state index contributed by atoms with van der Waals surface area (Å²) in [5.41, 5.74) is 4.51. The molecule has 1 aliphatic rings. The van der Waals surface area contributed by atoms with Crippen LogP contribution >= 0.6 is 23.4 Å². The van der Waals surface area contributed by atoms with Gasteiger partial charge < -0.3 is 14.8 Å². The van der Waals surface area contributed by atoms with Crippen molar-refractivity contribution in [2.45, 2.75) is 50.8 Å². The first-order valence-corrected chi connectivity index (χ1v) is 13.3. The first kappa shape index (κ1) is 24.7. The summed E-state index contributed by atoms with van der Waals surface area (Å²) in [7, 11) is 0. The minimum atomic E-state index is 0.0255. The van der Waals surface area contributed by atoms with Gasteiger partial charge in [0.15, 0.2) is 11.5 Å². The smallest absolute Gasteiger partial charge is 0.230 e. The number of pyridine rings is 1. The summed E-state index contributed by atoms with van der Waals surface area (Å²) in [6, 6.07) is 11.8. The lowest BCUT2D eigenvalue weighted by atomic mass is 9.94. The molecule has 180 valence electrons. The second kappa shape index (κ2) is 11.8. The zero-order chi connectivity index (χ0) is 23.9. The minimum absolute atomic E-state index is 0.0255. The highest BCUT2D eigenvalue weighted by molar-refractivity contribution is 8.00. The Morgan fingerprint density at radius 2 is 1.85 bits per heavy atom. The van der Waals surface area contributed by atoms with Crippen molar-refractivity contribution in [2.75, 3.05) is 25.5 Å². The van der Waals surface area contributed by atoms with Crippen molar-refractivity contribution < 1.29 is 14.3 Å². The fourth-order valence-corrected chi connectivity index (χ4v) is 5.57. The zero-order valence-electron chi connectivity index (χ0n) is 19.8. The SMILES string of the molecule is CCOc1ccc(CCNC(=O)CSc2c3c(nc4ccc(Cl)cc24)CCCC3)cc1OCC. The van der Waals surface area contributed by atoms with Gasteiger partial charge in [0.2, 0.25) is 5.91 Å². The third kappa shape index (κ3) is 5.97. The van der Waals surface area contributed by atoms with Crippen molar-refractivity contribution in [2.24, 2.45) is 0 Å². The van der Waals surface area contributed by atoms with Gasteiger partial charge in [0, 0.05) is 27.5 Å². The standard InChI is InChI=1S/C27H31ClN2O3S/c1-3-32-24-12-9-18(15-25(24)33-4-2)13-14-29-26(31)17-34-27-20-7-5-6-8-22(20)30-23-11-10-19(28)16-21(23)27/h9-12,15-16H,3-8,13-14,17H2,1-2H3,(H,29,31). The van der Waals surface area contributed by atoms with Crippen molar-refractivity contribution in [3.05, 3.63) is 58.2 Å². The number of fused-ring (bicyclic) bond motifs is 2. The Balaban J connectivity index is 1.38. The molecule has 0 fully saturated rings. The molecule has 1 heterocycles. The van der Waals surface area contributed by atoms with Crippen LogP contribution in [0.5, 0.6) is 11.5 Å². The van der Waals surface area contributed by atoms with E-state index in [0.29, 0.717) is 30.5 Å². The van der Waals surface area contributed by atoms with Gasteiger partial charge in [0.25, 0.3) is 0 Å². The van der Waals surface area contributed by atoms with Crippen LogP contribution in [0.4, 0.5) is 0 Å². The van der Waals surface area contributed by atoms with Crippen molar-refractivity contribution in [1.29, 1.82) is 0 Å². The molecule has 1 N–H and O–H groups in total. The fourth-order valence-electron chi connectivity index (χ4n) is 4.30. The van der Waals surface area contributed by atoms with Gasteiger partial charge in [0.1, 0.15) is 0 Å². The lowest BCUT2D eigenvalue weighted by molar-refractivity contribution is -0.118. The topological polar surface area (TPSA) is 60.5 Å². The predicted octanol–water partition coefficient (Wildman–Crippen LogP) is 6.02. The van der Waals surface area contributed by atoms with E-state index in [1.165, 1.54) is 17.7 Å². The van der Waals surface area contributed by atoms with E-state index in [4.69, 9.17) is 26.1 Å². The van der Waals surface area contributed by atoms with Gasteiger partial charge in [-0.3, -0.25) is 9.78 Å². The summed E-state index contributed by atoms with van der Waals surface area (Å²) in [5, 5.41) is 4.80. The number of rotatable bonds is 10. The van der Waals surface area contributed by atoms with Crippen molar-refractivity contribution in [3.63, 3.8) is 0 Å². The molecule has 34 heavy (non-hydrogen) atoms. The number of halogens is 1. The van der Waals surface area contributed by atoms with Crippen LogP contribution in [0, 0.1) is 0 Å². The number of nitrogens with one attached hydrogen (secondary N) is 1. The maximum absolute atomic E-state index is 12.7. The van der Waals surface area contributed by atoms with E-state index in [1.54, 1.807) is 11.8 Å². The number of nitrogens with zero attached hydrogens (tertiary/aromatic N) is 1. The van der Waals surface area contributed by atoms with Gasteiger partial charge in [-0.15, -0.1) is 11.8 Å². The van der Waals surface area contributed by atoms with E-state index >= 15 is 0 Å². The third-order valence-corrected chi connectivity index (χ3v) is 7.26. The zero-order valence-corrected chi connectivity index (χ0v) is 21.4. The number of aryl methyl sites for hydroxylation is 1. The highest BCUT2D eigenvalue weighted by Gasteiger charge is 2.19. The molecule has 3 aromatic rings. The number of ether oxygens (including phenoxy) is 2. The normalized spacial score (nSPS) is 12.9. The second-order valence-corrected chi connectivity index (χ2v) is 9.69. The average Bonchev–Trinajstić information content (AvgIpc) is 2.84. The van der Waals surface area contributed by atoms with E-state index in [0.717, 1.165) is 58.5 Å². The Kier molecular flexibility index (Phi) is 8.57. The average molecular weight is 499 g/mol. The van der Waals surface area contributed by atoms with Crippen molar-refractivity contribution in [1.82, 2.24) is 10.3 Å². The predicted molar refractivity (Wildman–Crippen MR) is 140 cm³/mol. The molecule has 0 aliphatic heterocycles. The third-order valence-electron chi connectivity index (χ3n) is 5.86. The quantitative estimate of drug-likeness (QED) is 0.346. The number of carbonyl (C=O) groups excluding carboxylic acids is 1. The highest BCUT2D eigenvalue weighted by Crippen LogP contribution is 2.37. The van der Waals surface area contributed by atoms with Crippen LogP contribution in [0.25, 0.3) is 10.9 Å². The van der Waals surface area contributed by atoms with Gasteiger partial charge in [-0.2, -0.15) is 0 Å². The first-order valence-electron chi connectivity index (χ1n) is 12.0. The molecule has 4 rings (SSSR count). The molecule has 0 unspecified atom stereocenters. The highest BCUT2D eigenvalue weighted by atomic mass is 35.5. The Hall–Kier alpha value is -2.44. The number of thioether (sulfide) groups is 1. The van der Waals surface area contributed by atoms with E-state index in [2.05, 4.69) is 5.32 Å². The van der Waals surface area contributed by atoms with E-state index in [-0.39, 0.29) is 5.91 Å².